The molecule has 0 unspecified atom stereocenters. The number of carbonyl (C=O) groups excluding carboxylic acids is 1. The van der Waals surface area contributed by atoms with Crippen LogP contribution in [-0.2, 0) is 26.2 Å². The van der Waals surface area contributed by atoms with Crippen molar-refractivity contribution in [1.82, 2.24) is 10.0 Å². The average molecular weight is 344 g/mol. The van der Waals surface area contributed by atoms with Gasteiger partial charge in [0.05, 0.1) is 6.26 Å². The van der Waals surface area contributed by atoms with E-state index < -0.39 is 34.0 Å². The molecule has 0 aliphatic carbocycles. The highest BCUT2D eigenvalue weighted by molar-refractivity contribution is 7.88. The third-order valence-corrected chi connectivity index (χ3v) is 3.60. The molecule has 23 heavy (non-hydrogen) atoms. The van der Waals surface area contributed by atoms with Crippen LogP contribution in [0.5, 0.6) is 5.75 Å². The van der Waals surface area contributed by atoms with Crippen molar-refractivity contribution in [2.24, 2.45) is 0 Å². The number of nitrogens with one attached hydrogen (secondary N) is 2. The van der Waals surface area contributed by atoms with Gasteiger partial charge in [-0.2, -0.15) is 0 Å². The van der Waals surface area contributed by atoms with E-state index in [1.165, 1.54) is 13.8 Å². The molecular formula is C14H20N2O6S. The largest absolute Gasteiger partial charge is 0.482 e. The lowest BCUT2D eigenvalue weighted by molar-refractivity contribution is -0.139. The maximum Gasteiger partial charge on any atom is 0.341 e. The lowest BCUT2D eigenvalue weighted by Crippen LogP contribution is -2.54. The molecule has 128 valence electrons. The summed E-state index contributed by atoms with van der Waals surface area (Å²) in [7, 11) is -3.52. The zero-order chi connectivity index (χ0) is 17.7. The Kier molecular flexibility index (Phi) is 6.11. The van der Waals surface area contributed by atoms with Crippen molar-refractivity contribution in [2.75, 3.05) is 12.9 Å². The van der Waals surface area contributed by atoms with Crippen molar-refractivity contribution in [3.05, 3.63) is 29.8 Å². The van der Waals surface area contributed by atoms with Crippen LogP contribution < -0.4 is 14.8 Å². The standard InChI is InChI=1S/C14H20N2O6S/c1-14(2,16-23(3,20)21)13(19)15-8-10-5-4-6-11(7-10)22-9-12(17)18/h4-7,16H,8-9H2,1-3H3,(H,15,19)(H,17,18). The van der Waals surface area contributed by atoms with Gasteiger partial charge >= 0.3 is 5.97 Å². The van der Waals surface area contributed by atoms with Gasteiger partial charge in [-0.1, -0.05) is 12.1 Å². The SMILES string of the molecule is CC(C)(NS(C)(=O)=O)C(=O)NCc1cccc(OCC(=O)O)c1. The molecule has 9 heteroatoms. The maximum atomic E-state index is 12.1. The van der Waals surface area contributed by atoms with Crippen LogP contribution in [0.25, 0.3) is 0 Å². The number of ether oxygens (including phenoxy) is 1. The van der Waals surface area contributed by atoms with Gasteiger partial charge in [-0.3, -0.25) is 4.79 Å². The summed E-state index contributed by atoms with van der Waals surface area (Å²) in [5.41, 5.74) is -0.596. The fraction of sp³-hybridized carbons (Fsp3) is 0.429. The van der Waals surface area contributed by atoms with Crippen LogP contribution in [0.2, 0.25) is 0 Å². The number of carboxylic acid groups (broad SMARTS) is 1. The van der Waals surface area contributed by atoms with Gasteiger partial charge in [0.2, 0.25) is 15.9 Å². The van der Waals surface area contributed by atoms with Crippen molar-refractivity contribution in [3.63, 3.8) is 0 Å². The fourth-order valence-corrected chi connectivity index (χ4v) is 2.82. The van der Waals surface area contributed by atoms with E-state index in [1.54, 1.807) is 24.3 Å². The topological polar surface area (TPSA) is 122 Å². The number of carbonyl (C=O) groups is 2. The quantitative estimate of drug-likeness (QED) is 0.614. The first-order valence-electron chi connectivity index (χ1n) is 6.70. The number of sulfonamides is 1. The van der Waals surface area contributed by atoms with Gasteiger partial charge in [0, 0.05) is 6.54 Å². The normalized spacial score (nSPS) is 11.8. The van der Waals surface area contributed by atoms with E-state index in [0.29, 0.717) is 11.3 Å². The number of hydrogen-bond acceptors (Lipinski definition) is 5. The minimum absolute atomic E-state index is 0.151. The molecule has 1 aromatic carbocycles. The first kappa shape index (κ1) is 18.9. The number of aliphatic carboxylic acids is 1. The molecule has 0 heterocycles. The van der Waals surface area contributed by atoms with Crippen molar-refractivity contribution in [3.8, 4) is 5.75 Å². The van der Waals surface area contributed by atoms with Crippen LogP contribution in [0.3, 0.4) is 0 Å². The van der Waals surface area contributed by atoms with Crippen molar-refractivity contribution in [2.45, 2.75) is 25.9 Å². The Morgan fingerprint density at radius 3 is 2.52 bits per heavy atom. The van der Waals surface area contributed by atoms with Gasteiger partial charge in [0.15, 0.2) is 6.61 Å². The molecule has 0 saturated carbocycles. The van der Waals surface area contributed by atoms with Gasteiger partial charge in [0.1, 0.15) is 11.3 Å². The molecule has 0 bridgehead atoms. The van der Waals surface area contributed by atoms with Gasteiger partial charge < -0.3 is 15.2 Å². The summed E-state index contributed by atoms with van der Waals surface area (Å²) in [6.45, 7) is 2.60. The zero-order valence-electron chi connectivity index (χ0n) is 13.1. The summed E-state index contributed by atoms with van der Waals surface area (Å²) >= 11 is 0. The number of amides is 1. The zero-order valence-corrected chi connectivity index (χ0v) is 13.9. The molecule has 0 aromatic heterocycles. The lowest BCUT2D eigenvalue weighted by atomic mass is 10.1. The van der Waals surface area contributed by atoms with E-state index in [9.17, 15) is 18.0 Å². The van der Waals surface area contributed by atoms with Crippen LogP contribution in [0.4, 0.5) is 0 Å². The minimum Gasteiger partial charge on any atom is -0.482 e. The van der Waals surface area contributed by atoms with Crippen LogP contribution >= 0.6 is 0 Å². The monoisotopic (exact) mass is 344 g/mol. The molecule has 0 atom stereocenters. The molecule has 3 N–H and O–H groups in total. The molecule has 0 aliphatic rings. The maximum absolute atomic E-state index is 12.1. The second kappa shape index (κ2) is 7.42. The van der Waals surface area contributed by atoms with E-state index >= 15 is 0 Å². The Hall–Kier alpha value is -2.13. The first-order chi connectivity index (χ1) is 10.5. The minimum atomic E-state index is -3.52. The second-order valence-corrected chi connectivity index (χ2v) is 7.26. The van der Waals surface area contributed by atoms with Crippen molar-refractivity contribution < 1.29 is 27.9 Å². The molecule has 0 aliphatic heterocycles. The van der Waals surface area contributed by atoms with Crippen molar-refractivity contribution >= 4 is 21.9 Å². The van der Waals surface area contributed by atoms with Gasteiger partial charge in [-0.05, 0) is 31.5 Å². The molecule has 1 rings (SSSR count). The molecule has 0 fully saturated rings. The van der Waals surface area contributed by atoms with Crippen LogP contribution in [0.15, 0.2) is 24.3 Å². The first-order valence-corrected chi connectivity index (χ1v) is 8.59. The van der Waals surface area contributed by atoms with E-state index in [1.807, 2.05) is 0 Å². The second-order valence-electron chi connectivity index (χ2n) is 5.51. The van der Waals surface area contributed by atoms with E-state index in [-0.39, 0.29) is 6.54 Å². The number of rotatable bonds is 8. The third-order valence-electron chi connectivity index (χ3n) is 2.72. The molecule has 1 amide bonds. The van der Waals surface area contributed by atoms with Gasteiger partial charge in [0.25, 0.3) is 0 Å². The molecule has 1 aromatic rings. The summed E-state index contributed by atoms with van der Waals surface area (Å²) in [5.74, 6) is -1.20. The average Bonchev–Trinajstić information content (AvgIpc) is 2.40. The molecular weight excluding hydrogens is 324 g/mol. The van der Waals surface area contributed by atoms with Crippen molar-refractivity contribution in [1.29, 1.82) is 0 Å². The van der Waals surface area contributed by atoms with E-state index in [2.05, 4.69) is 10.0 Å². The summed E-state index contributed by atoms with van der Waals surface area (Å²) in [5, 5.41) is 11.2. The Labute approximate surface area is 134 Å². The predicted octanol–water partition coefficient (Wildman–Crippen LogP) is 0.0940. The number of benzene rings is 1. The highest BCUT2D eigenvalue weighted by Crippen LogP contribution is 2.13. The van der Waals surface area contributed by atoms with Gasteiger partial charge in [-0.25, -0.2) is 17.9 Å². The fourth-order valence-electron chi connectivity index (χ4n) is 1.80. The van der Waals surface area contributed by atoms with Crippen LogP contribution in [-0.4, -0.2) is 43.8 Å². The van der Waals surface area contributed by atoms with E-state index in [0.717, 1.165) is 6.26 Å². The highest BCUT2D eigenvalue weighted by Gasteiger charge is 2.30. The highest BCUT2D eigenvalue weighted by atomic mass is 32.2. The summed E-state index contributed by atoms with van der Waals surface area (Å²) < 4.78 is 29.8. The lowest BCUT2D eigenvalue weighted by Gasteiger charge is -2.23. The molecule has 8 nitrogen and oxygen atoms in total. The molecule has 0 saturated heterocycles. The molecule has 0 radical (unpaired) electrons. The van der Waals surface area contributed by atoms with Crippen LogP contribution in [0.1, 0.15) is 19.4 Å². The summed E-state index contributed by atoms with van der Waals surface area (Å²) in [6.07, 6.45) is 0.977. The Morgan fingerprint density at radius 2 is 1.96 bits per heavy atom. The Morgan fingerprint density at radius 1 is 1.30 bits per heavy atom. The number of hydrogen-bond donors (Lipinski definition) is 3. The van der Waals surface area contributed by atoms with Gasteiger partial charge in [-0.15, -0.1) is 0 Å². The molecule has 0 spiro atoms. The smallest absolute Gasteiger partial charge is 0.341 e. The number of carboxylic acids is 1. The Balaban J connectivity index is 2.65. The third kappa shape index (κ3) is 7.11. The van der Waals surface area contributed by atoms with Crippen LogP contribution in [0, 0.1) is 0 Å². The summed E-state index contributed by atoms with van der Waals surface area (Å²) in [6, 6.07) is 6.59. The summed E-state index contributed by atoms with van der Waals surface area (Å²) in [4.78, 5) is 22.5. The predicted molar refractivity (Wildman–Crippen MR) is 83.5 cm³/mol. The van der Waals surface area contributed by atoms with E-state index in [4.69, 9.17) is 9.84 Å². The Bertz CT molecular complexity index is 684.